The third kappa shape index (κ3) is 1.63. The number of nitrogens with zero attached hydrogens (tertiary/aromatic N) is 3. The normalized spacial score (nSPS) is 17.8. The molecule has 0 aromatic carbocycles. The third-order valence-electron chi connectivity index (χ3n) is 2.69. The Morgan fingerprint density at radius 1 is 1.75 bits per heavy atom. The Hall–Kier alpha value is -1.96. The van der Waals surface area contributed by atoms with Crippen LogP contribution in [0.1, 0.15) is 6.42 Å². The lowest BCUT2D eigenvalue weighted by atomic mass is 9.88. The summed E-state index contributed by atoms with van der Waals surface area (Å²) < 4.78 is 1.51. The van der Waals surface area contributed by atoms with E-state index in [1.165, 1.54) is 17.1 Å². The van der Waals surface area contributed by atoms with Crippen molar-refractivity contribution in [3.8, 4) is 0 Å². The molecule has 2 N–H and O–H groups in total. The Balaban J connectivity index is 2.26. The Morgan fingerprint density at radius 2 is 2.44 bits per heavy atom. The molecule has 0 saturated carbocycles. The average Bonchev–Trinajstić information content (AvgIpc) is 2.59. The molecule has 0 amide bonds. The van der Waals surface area contributed by atoms with Crippen LogP contribution < -0.4 is 5.32 Å². The van der Waals surface area contributed by atoms with Crippen molar-refractivity contribution in [3.05, 3.63) is 22.6 Å². The molecule has 2 rings (SSSR count). The average molecular weight is 226 g/mol. The molecule has 0 bridgehead atoms. The molecule has 1 aliphatic heterocycles. The van der Waals surface area contributed by atoms with E-state index in [2.05, 4.69) is 10.3 Å². The van der Waals surface area contributed by atoms with E-state index in [1.54, 1.807) is 0 Å². The predicted octanol–water partition coefficient (Wildman–Crippen LogP) is -0.435. The van der Waals surface area contributed by atoms with Crippen LogP contribution in [0.2, 0.25) is 0 Å². The summed E-state index contributed by atoms with van der Waals surface area (Å²) in [6.45, 7) is 0.958. The van der Waals surface area contributed by atoms with E-state index in [4.69, 9.17) is 5.11 Å². The highest BCUT2D eigenvalue weighted by molar-refractivity contribution is 5.68. The van der Waals surface area contributed by atoms with Gasteiger partial charge in [-0.3, -0.25) is 4.79 Å². The van der Waals surface area contributed by atoms with Crippen LogP contribution in [0.3, 0.4) is 0 Å². The molecule has 0 aliphatic carbocycles. The SMILES string of the molecule is O=C(O)CC1(n2cnc([N+](=O)[O-])c2)CNC1. The number of carbonyl (C=O) groups is 1. The minimum atomic E-state index is -0.933. The first-order valence-electron chi connectivity index (χ1n) is 4.65. The molecule has 1 saturated heterocycles. The molecule has 1 aromatic rings. The minimum Gasteiger partial charge on any atom is -0.481 e. The molecule has 8 nitrogen and oxygen atoms in total. The predicted molar refractivity (Wildman–Crippen MR) is 52.0 cm³/mol. The summed E-state index contributed by atoms with van der Waals surface area (Å²) in [5, 5.41) is 22.2. The molecule has 1 aliphatic rings. The fraction of sp³-hybridized carbons (Fsp3) is 0.500. The van der Waals surface area contributed by atoms with E-state index in [-0.39, 0.29) is 12.2 Å². The first kappa shape index (κ1) is 10.6. The van der Waals surface area contributed by atoms with Crippen LogP contribution in [-0.4, -0.2) is 38.6 Å². The van der Waals surface area contributed by atoms with Gasteiger partial charge in [0.05, 0.1) is 12.0 Å². The van der Waals surface area contributed by atoms with Crippen LogP contribution in [0.4, 0.5) is 5.82 Å². The molecule has 1 fully saturated rings. The summed E-state index contributed by atoms with van der Waals surface area (Å²) >= 11 is 0. The molecule has 86 valence electrons. The van der Waals surface area contributed by atoms with Crippen LogP contribution in [0, 0.1) is 10.1 Å². The Bertz CT molecular complexity index is 437. The van der Waals surface area contributed by atoms with Crippen molar-refractivity contribution in [1.82, 2.24) is 14.9 Å². The van der Waals surface area contributed by atoms with Gasteiger partial charge in [-0.1, -0.05) is 0 Å². The topological polar surface area (TPSA) is 110 Å². The van der Waals surface area contributed by atoms with Gasteiger partial charge in [0.1, 0.15) is 6.20 Å². The molecule has 0 atom stereocenters. The molecule has 16 heavy (non-hydrogen) atoms. The molecule has 0 radical (unpaired) electrons. The van der Waals surface area contributed by atoms with Gasteiger partial charge in [0.2, 0.25) is 6.33 Å². The lowest BCUT2D eigenvalue weighted by Crippen LogP contribution is -2.61. The van der Waals surface area contributed by atoms with Crippen molar-refractivity contribution < 1.29 is 14.8 Å². The van der Waals surface area contributed by atoms with Crippen LogP contribution in [0.15, 0.2) is 12.5 Å². The van der Waals surface area contributed by atoms with Gasteiger partial charge >= 0.3 is 11.8 Å². The highest BCUT2D eigenvalue weighted by Gasteiger charge is 2.42. The molecular weight excluding hydrogens is 216 g/mol. The molecule has 1 aromatic heterocycles. The second-order valence-electron chi connectivity index (χ2n) is 3.79. The standard InChI is InChI=1S/C8H10N4O4/c13-7(14)1-8(3-9-4-8)11-2-6(10-5-11)12(15)16/h2,5,9H,1,3-4H2,(H,13,14). The lowest BCUT2D eigenvalue weighted by molar-refractivity contribution is -0.389. The summed E-state index contributed by atoms with van der Waals surface area (Å²) in [5.74, 6) is -1.20. The van der Waals surface area contributed by atoms with Gasteiger partial charge in [0.25, 0.3) is 0 Å². The maximum atomic E-state index is 10.7. The number of carboxylic acid groups (broad SMARTS) is 1. The third-order valence-corrected chi connectivity index (χ3v) is 2.69. The van der Waals surface area contributed by atoms with Gasteiger partial charge in [-0.05, 0) is 9.91 Å². The number of hydrogen-bond acceptors (Lipinski definition) is 5. The summed E-state index contributed by atoms with van der Waals surface area (Å²) in [5.41, 5.74) is -0.618. The first-order chi connectivity index (χ1) is 7.53. The van der Waals surface area contributed by atoms with Gasteiger partial charge < -0.3 is 25.1 Å². The van der Waals surface area contributed by atoms with Gasteiger partial charge in [-0.25, -0.2) is 0 Å². The Kier molecular flexibility index (Phi) is 2.35. The van der Waals surface area contributed by atoms with E-state index in [1.807, 2.05) is 0 Å². The number of nitrogens with one attached hydrogen (secondary N) is 1. The van der Waals surface area contributed by atoms with E-state index in [9.17, 15) is 14.9 Å². The molecular formula is C8H10N4O4. The fourth-order valence-electron chi connectivity index (χ4n) is 1.76. The molecule has 0 unspecified atom stereocenters. The van der Waals surface area contributed by atoms with E-state index < -0.39 is 16.4 Å². The van der Waals surface area contributed by atoms with E-state index in [0.717, 1.165) is 0 Å². The maximum Gasteiger partial charge on any atom is 0.381 e. The summed E-state index contributed by atoms with van der Waals surface area (Å²) in [7, 11) is 0. The van der Waals surface area contributed by atoms with Crippen LogP contribution >= 0.6 is 0 Å². The highest BCUT2D eigenvalue weighted by Crippen LogP contribution is 2.27. The first-order valence-corrected chi connectivity index (χ1v) is 4.65. The van der Waals surface area contributed by atoms with E-state index in [0.29, 0.717) is 13.1 Å². The number of nitro groups is 1. The molecule has 2 heterocycles. The Labute approximate surface area is 90.0 Å². The van der Waals surface area contributed by atoms with Gasteiger partial charge in [0, 0.05) is 13.1 Å². The van der Waals surface area contributed by atoms with Crippen molar-refractivity contribution in [3.63, 3.8) is 0 Å². The summed E-state index contributed by atoms with van der Waals surface area (Å²) in [6, 6.07) is 0. The fourth-order valence-corrected chi connectivity index (χ4v) is 1.76. The van der Waals surface area contributed by atoms with Crippen LogP contribution in [0.5, 0.6) is 0 Å². The number of imidazole rings is 1. The lowest BCUT2D eigenvalue weighted by Gasteiger charge is -2.41. The minimum absolute atomic E-state index is 0.0759. The van der Waals surface area contributed by atoms with Crippen LogP contribution in [-0.2, 0) is 10.3 Å². The number of hydrogen-bond donors (Lipinski definition) is 2. The summed E-state index contributed by atoms with van der Waals surface area (Å²) in [4.78, 5) is 24.2. The molecule has 0 spiro atoms. The van der Waals surface area contributed by atoms with Crippen molar-refractivity contribution >= 4 is 11.8 Å². The molecule has 8 heteroatoms. The smallest absolute Gasteiger partial charge is 0.381 e. The zero-order valence-corrected chi connectivity index (χ0v) is 8.29. The zero-order valence-electron chi connectivity index (χ0n) is 8.29. The van der Waals surface area contributed by atoms with Crippen molar-refractivity contribution in [2.75, 3.05) is 13.1 Å². The number of rotatable bonds is 4. The monoisotopic (exact) mass is 226 g/mol. The zero-order chi connectivity index (χ0) is 11.8. The quantitative estimate of drug-likeness (QED) is 0.532. The van der Waals surface area contributed by atoms with Gasteiger partial charge in [-0.15, -0.1) is 0 Å². The highest BCUT2D eigenvalue weighted by atomic mass is 16.6. The van der Waals surface area contributed by atoms with Gasteiger partial charge in [0.15, 0.2) is 0 Å². The number of aromatic nitrogens is 2. The Morgan fingerprint density at radius 3 is 2.81 bits per heavy atom. The largest absolute Gasteiger partial charge is 0.481 e. The van der Waals surface area contributed by atoms with Crippen molar-refractivity contribution in [1.29, 1.82) is 0 Å². The number of aliphatic carboxylic acids is 1. The van der Waals surface area contributed by atoms with Crippen LogP contribution in [0.25, 0.3) is 0 Å². The van der Waals surface area contributed by atoms with E-state index >= 15 is 0 Å². The second kappa shape index (κ2) is 3.56. The van der Waals surface area contributed by atoms with Gasteiger partial charge in [-0.2, -0.15) is 0 Å². The summed E-state index contributed by atoms with van der Waals surface area (Å²) in [6.07, 6.45) is 2.50. The maximum absolute atomic E-state index is 10.7. The second-order valence-corrected chi connectivity index (χ2v) is 3.79. The van der Waals surface area contributed by atoms with Crippen molar-refractivity contribution in [2.45, 2.75) is 12.0 Å². The number of carboxylic acids is 1. The van der Waals surface area contributed by atoms with Crippen molar-refractivity contribution in [2.24, 2.45) is 0 Å².